The number of hydrogen-bond donors (Lipinski definition) is 2. The average Bonchev–Trinajstić information content (AvgIpc) is 2.67. The molecule has 1 aliphatic heterocycles. The number of benzene rings is 1. The number of halogens is 5. The largest absolute Gasteiger partial charge is 0.353 e. The number of hydrogen-bond acceptors (Lipinski definition) is 2. The van der Waals surface area contributed by atoms with Crippen LogP contribution in [-0.2, 0) is 4.79 Å². The zero-order chi connectivity index (χ0) is 21.3. The standard InChI is InChI=1S/C19H22ClF4N3O2/c1-10-17(28)25-8-9-27(10)18(29)26-16(11-4-6-19(23,24)7-5-11)12-2-3-13(21)14(20)15(12)22/h2-3,10-11,16H,4-9H2,1H3,(H,25,28)(H,26,29)/t10-,16?/m1/s1. The van der Waals surface area contributed by atoms with Crippen LogP contribution < -0.4 is 10.6 Å². The van der Waals surface area contributed by atoms with E-state index in [1.54, 1.807) is 6.92 Å². The number of nitrogens with one attached hydrogen (secondary N) is 2. The van der Waals surface area contributed by atoms with Crippen molar-refractivity contribution in [2.75, 3.05) is 13.1 Å². The van der Waals surface area contributed by atoms with Crippen LogP contribution in [0.1, 0.15) is 44.2 Å². The van der Waals surface area contributed by atoms with Crippen molar-refractivity contribution in [3.05, 3.63) is 34.4 Å². The fraction of sp³-hybridized carbons (Fsp3) is 0.579. The Morgan fingerprint density at radius 1 is 1.31 bits per heavy atom. The topological polar surface area (TPSA) is 61.4 Å². The van der Waals surface area contributed by atoms with Crippen molar-refractivity contribution in [1.82, 2.24) is 15.5 Å². The van der Waals surface area contributed by atoms with Crippen LogP contribution in [0.5, 0.6) is 0 Å². The van der Waals surface area contributed by atoms with Gasteiger partial charge in [-0.2, -0.15) is 0 Å². The van der Waals surface area contributed by atoms with Gasteiger partial charge < -0.3 is 15.5 Å². The van der Waals surface area contributed by atoms with E-state index < -0.39 is 46.6 Å². The fourth-order valence-electron chi connectivity index (χ4n) is 3.90. The number of piperazine rings is 1. The Labute approximate surface area is 170 Å². The summed E-state index contributed by atoms with van der Waals surface area (Å²) in [5.41, 5.74) is -0.0610. The van der Waals surface area contributed by atoms with Crippen molar-refractivity contribution < 1.29 is 27.2 Å². The molecule has 2 atom stereocenters. The number of carbonyl (C=O) groups excluding carboxylic acids is 2. The van der Waals surface area contributed by atoms with Crippen LogP contribution in [0, 0.1) is 17.6 Å². The highest BCUT2D eigenvalue weighted by Crippen LogP contribution is 2.42. The van der Waals surface area contributed by atoms with Gasteiger partial charge in [0.1, 0.15) is 22.7 Å². The van der Waals surface area contributed by atoms with Crippen LogP contribution >= 0.6 is 11.6 Å². The van der Waals surface area contributed by atoms with Gasteiger partial charge in [0.25, 0.3) is 0 Å². The lowest BCUT2D eigenvalue weighted by molar-refractivity contribution is -0.127. The Bertz CT molecular complexity index is 798. The van der Waals surface area contributed by atoms with E-state index in [2.05, 4.69) is 10.6 Å². The minimum atomic E-state index is -2.80. The first-order valence-electron chi connectivity index (χ1n) is 9.47. The Kier molecular flexibility index (Phi) is 6.26. The second-order valence-corrected chi connectivity index (χ2v) is 7.92. The van der Waals surface area contributed by atoms with Crippen molar-refractivity contribution in [3.63, 3.8) is 0 Å². The van der Waals surface area contributed by atoms with Crippen molar-refractivity contribution in [2.45, 2.75) is 50.6 Å². The zero-order valence-electron chi connectivity index (χ0n) is 15.8. The highest BCUT2D eigenvalue weighted by molar-refractivity contribution is 6.31. The van der Waals surface area contributed by atoms with Gasteiger partial charge in [-0.05, 0) is 31.7 Å². The molecular weight excluding hydrogens is 414 g/mol. The third kappa shape index (κ3) is 4.60. The molecule has 1 saturated carbocycles. The van der Waals surface area contributed by atoms with Crippen LogP contribution in [0.3, 0.4) is 0 Å². The van der Waals surface area contributed by atoms with Crippen LogP contribution in [-0.4, -0.2) is 41.9 Å². The Hall–Kier alpha value is -2.03. The molecule has 1 aromatic rings. The van der Waals surface area contributed by atoms with Crippen molar-refractivity contribution in [2.24, 2.45) is 5.92 Å². The molecule has 2 aliphatic rings. The highest BCUT2D eigenvalue weighted by Gasteiger charge is 2.40. The number of alkyl halides is 2. The minimum absolute atomic E-state index is 0.0580. The van der Waals surface area contributed by atoms with E-state index in [4.69, 9.17) is 11.6 Å². The molecule has 29 heavy (non-hydrogen) atoms. The van der Waals surface area contributed by atoms with Gasteiger partial charge in [-0.25, -0.2) is 22.4 Å². The van der Waals surface area contributed by atoms with E-state index in [0.717, 1.165) is 6.07 Å². The van der Waals surface area contributed by atoms with Gasteiger partial charge in [0.05, 0.1) is 6.04 Å². The van der Waals surface area contributed by atoms with E-state index in [1.165, 1.54) is 11.0 Å². The summed E-state index contributed by atoms with van der Waals surface area (Å²) in [5, 5.41) is 4.60. The molecule has 3 amide bonds. The van der Waals surface area contributed by atoms with E-state index >= 15 is 0 Å². The smallest absolute Gasteiger partial charge is 0.318 e. The van der Waals surface area contributed by atoms with Crippen molar-refractivity contribution in [1.29, 1.82) is 0 Å². The van der Waals surface area contributed by atoms with Gasteiger partial charge in [0.2, 0.25) is 11.8 Å². The number of carbonyl (C=O) groups is 2. The minimum Gasteiger partial charge on any atom is -0.353 e. The first-order valence-corrected chi connectivity index (χ1v) is 9.84. The van der Waals surface area contributed by atoms with E-state index in [-0.39, 0.29) is 50.2 Å². The number of amides is 3. The second-order valence-electron chi connectivity index (χ2n) is 7.55. The molecule has 1 aromatic carbocycles. The van der Waals surface area contributed by atoms with Gasteiger partial charge >= 0.3 is 6.03 Å². The summed E-state index contributed by atoms with van der Waals surface area (Å²) >= 11 is 5.69. The molecule has 0 spiro atoms. The molecular formula is C19H22ClF4N3O2. The maximum Gasteiger partial charge on any atom is 0.318 e. The summed E-state index contributed by atoms with van der Waals surface area (Å²) in [6, 6.07) is -0.181. The normalized spacial score (nSPS) is 23.4. The number of rotatable bonds is 3. The lowest BCUT2D eigenvalue weighted by Crippen LogP contribution is -2.58. The average molecular weight is 436 g/mol. The summed E-state index contributed by atoms with van der Waals surface area (Å²) in [6.07, 6.45) is -0.656. The maximum absolute atomic E-state index is 14.7. The molecule has 0 radical (unpaired) electrons. The summed E-state index contributed by atoms with van der Waals surface area (Å²) < 4.78 is 55.5. The van der Waals surface area contributed by atoms with E-state index in [1.807, 2.05) is 0 Å². The number of nitrogens with zero attached hydrogens (tertiary/aromatic N) is 1. The molecule has 1 aliphatic carbocycles. The van der Waals surface area contributed by atoms with Gasteiger partial charge in [0.15, 0.2) is 0 Å². The van der Waals surface area contributed by atoms with Gasteiger partial charge in [-0.1, -0.05) is 17.7 Å². The molecule has 2 N–H and O–H groups in total. The molecule has 5 nitrogen and oxygen atoms in total. The SMILES string of the molecule is C[C@@H]1C(=O)NCCN1C(=O)NC(c1ccc(F)c(Cl)c1F)C1CCC(F)(F)CC1. The predicted molar refractivity (Wildman–Crippen MR) is 98.7 cm³/mol. The van der Waals surface area contributed by atoms with Crippen LogP contribution in [0.4, 0.5) is 22.4 Å². The van der Waals surface area contributed by atoms with E-state index in [0.29, 0.717) is 0 Å². The Morgan fingerprint density at radius 3 is 2.62 bits per heavy atom. The molecule has 0 bridgehead atoms. The second kappa shape index (κ2) is 8.38. The first-order chi connectivity index (χ1) is 13.6. The quantitative estimate of drug-likeness (QED) is 0.556. The lowest BCUT2D eigenvalue weighted by atomic mass is 9.79. The molecule has 2 fully saturated rings. The summed E-state index contributed by atoms with van der Waals surface area (Å²) in [6.45, 7) is 2.08. The third-order valence-electron chi connectivity index (χ3n) is 5.67. The molecule has 160 valence electrons. The monoisotopic (exact) mass is 435 g/mol. The van der Waals surface area contributed by atoms with Gasteiger partial charge in [-0.3, -0.25) is 4.79 Å². The maximum atomic E-state index is 14.7. The van der Waals surface area contributed by atoms with Gasteiger partial charge in [0, 0.05) is 31.5 Å². The lowest BCUT2D eigenvalue weighted by Gasteiger charge is -2.38. The van der Waals surface area contributed by atoms with Crippen molar-refractivity contribution in [3.8, 4) is 0 Å². The summed E-state index contributed by atoms with van der Waals surface area (Å²) in [5.74, 6) is -5.59. The molecule has 3 rings (SSSR count). The summed E-state index contributed by atoms with van der Waals surface area (Å²) in [7, 11) is 0. The molecule has 1 unspecified atom stereocenters. The Morgan fingerprint density at radius 2 is 1.97 bits per heavy atom. The molecule has 10 heteroatoms. The molecule has 1 heterocycles. The third-order valence-corrected chi connectivity index (χ3v) is 6.02. The van der Waals surface area contributed by atoms with Crippen molar-refractivity contribution >= 4 is 23.5 Å². The summed E-state index contributed by atoms with van der Waals surface area (Å²) in [4.78, 5) is 26.0. The fourth-order valence-corrected chi connectivity index (χ4v) is 4.07. The van der Waals surface area contributed by atoms with Crippen LogP contribution in [0.15, 0.2) is 12.1 Å². The van der Waals surface area contributed by atoms with Crippen LogP contribution in [0.25, 0.3) is 0 Å². The zero-order valence-corrected chi connectivity index (χ0v) is 16.5. The highest BCUT2D eigenvalue weighted by atomic mass is 35.5. The molecule has 0 aromatic heterocycles. The Balaban J connectivity index is 1.88. The van der Waals surface area contributed by atoms with Gasteiger partial charge in [-0.15, -0.1) is 0 Å². The number of urea groups is 1. The first kappa shape index (κ1) is 21.7. The van der Waals surface area contributed by atoms with E-state index in [9.17, 15) is 27.2 Å². The predicted octanol–water partition coefficient (Wildman–Crippen LogP) is 4.01. The molecule has 1 saturated heterocycles. The van der Waals surface area contributed by atoms with Crippen LogP contribution in [0.2, 0.25) is 5.02 Å².